The van der Waals surface area contributed by atoms with Gasteiger partial charge in [-0.3, -0.25) is 9.78 Å². The number of anilines is 3. The molecule has 0 fully saturated rings. The molecule has 0 aliphatic rings. The van der Waals surface area contributed by atoms with Gasteiger partial charge in [-0.2, -0.15) is 0 Å². The number of ether oxygens (including phenoxy) is 3. The van der Waals surface area contributed by atoms with Gasteiger partial charge in [0.2, 0.25) is 5.75 Å². The molecular formula is C26H22F2N4O4. The van der Waals surface area contributed by atoms with Gasteiger partial charge >= 0.3 is 0 Å². The van der Waals surface area contributed by atoms with Crippen molar-refractivity contribution in [3.8, 4) is 28.5 Å². The lowest BCUT2D eigenvalue weighted by Crippen LogP contribution is -2.13. The lowest BCUT2D eigenvalue weighted by atomic mass is 10.1. The number of rotatable bonds is 8. The standard InChI is InChI=1S/C26H22F2N4O4/c1-34-22-11-18(12-23(35-2)25(22)36-3)30-24-14-29-13-21(32-24)15-4-7-17(8-5-15)31-26(33)19-9-6-16(27)10-20(19)28/h4-14H,1-3H3,(H,30,32)(H,31,33). The zero-order valence-corrected chi connectivity index (χ0v) is 19.6. The molecule has 0 saturated carbocycles. The molecule has 1 aromatic heterocycles. The minimum absolute atomic E-state index is 0.253. The molecule has 10 heteroatoms. The molecule has 1 amide bonds. The van der Waals surface area contributed by atoms with E-state index in [1.807, 2.05) is 0 Å². The molecule has 1 heterocycles. The topological polar surface area (TPSA) is 94.6 Å². The van der Waals surface area contributed by atoms with Crippen LogP contribution in [0.4, 0.5) is 26.0 Å². The maximum absolute atomic E-state index is 13.9. The molecule has 0 aliphatic heterocycles. The molecule has 0 bridgehead atoms. The lowest BCUT2D eigenvalue weighted by Gasteiger charge is -2.15. The summed E-state index contributed by atoms with van der Waals surface area (Å²) < 4.78 is 43.1. The second-order valence-electron chi connectivity index (χ2n) is 7.48. The van der Waals surface area contributed by atoms with E-state index in [1.54, 1.807) is 48.8 Å². The highest BCUT2D eigenvalue weighted by Gasteiger charge is 2.15. The van der Waals surface area contributed by atoms with Crippen molar-refractivity contribution in [1.82, 2.24) is 9.97 Å². The van der Waals surface area contributed by atoms with Gasteiger partial charge < -0.3 is 24.8 Å². The van der Waals surface area contributed by atoms with Crippen LogP contribution in [-0.4, -0.2) is 37.2 Å². The minimum Gasteiger partial charge on any atom is -0.493 e. The summed E-state index contributed by atoms with van der Waals surface area (Å²) in [4.78, 5) is 21.2. The Morgan fingerprint density at radius 2 is 1.53 bits per heavy atom. The number of benzene rings is 3. The third kappa shape index (κ3) is 5.33. The number of halogens is 2. The highest BCUT2D eigenvalue weighted by molar-refractivity contribution is 6.04. The third-order valence-electron chi connectivity index (χ3n) is 5.19. The number of amides is 1. The maximum atomic E-state index is 13.9. The molecule has 0 saturated heterocycles. The van der Waals surface area contributed by atoms with E-state index >= 15 is 0 Å². The largest absolute Gasteiger partial charge is 0.493 e. The molecule has 4 rings (SSSR count). The zero-order valence-electron chi connectivity index (χ0n) is 19.6. The number of nitrogens with one attached hydrogen (secondary N) is 2. The van der Waals surface area contributed by atoms with Crippen molar-refractivity contribution in [1.29, 1.82) is 0 Å². The van der Waals surface area contributed by atoms with E-state index in [-0.39, 0.29) is 5.56 Å². The molecule has 4 aromatic rings. The molecule has 8 nitrogen and oxygen atoms in total. The van der Waals surface area contributed by atoms with Crippen LogP contribution in [0.25, 0.3) is 11.3 Å². The second-order valence-corrected chi connectivity index (χ2v) is 7.48. The second kappa shape index (κ2) is 10.7. The Bertz CT molecular complexity index is 1370. The van der Waals surface area contributed by atoms with E-state index in [0.717, 1.165) is 17.7 Å². The summed E-state index contributed by atoms with van der Waals surface area (Å²) in [5, 5.41) is 5.76. The van der Waals surface area contributed by atoms with Crippen molar-refractivity contribution in [2.24, 2.45) is 0 Å². The monoisotopic (exact) mass is 492 g/mol. The SMILES string of the molecule is COc1cc(Nc2cncc(-c3ccc(NC(=O)c4ccc(F)cc4F)cc3)n2)cc(OC)c1OC. The Morgan fingerprint density at radius 3 is 2.14 bits per heavy atom. The first-order chi connectivity index (χ1) is 17.4. The first kappa shape index (κ1) is 24.4. The van der Waals surface area contributed by atoms with Crippen LogP contribution in [0.2, 0.25) is 0 Å². The molecule has 0 aliphatic carbocycles. The van der Waals surface area contributed by atoms with Gasteiger partial charge in [0.05, 0.1) is 45.0 Å². The van der Waals surface area contributed by atoms with Crippen molar-refractivity contribution in [2.45, 2.75) is 0 Å². The van der Waals surface area contributed by atoms with E-state index in [9.17, 15) is 13.6 Å². The highest BCUT2D eigenvalue weighted by atomic mass is 19.1. The van der Waals surface area contributed by atoms with Gasteiger partial charge in [-0.25, -0.2) is 13.8 Å². The number of carbonyl (C=O) groups is 1. The van der Waals surface area contributed by atoms with Crippen LogP contribution in [0.5, 0.6) is 17.2 Å². The van der Waals surface area contributed by atoms with Crippen LogP contribution < -0.4 is 24.8 Å². The van der Waals surface area contributed by atoms with Gasteiger partial charge in [0.25, 0.3) is 5.91 Å². The fraction of sp³-hybridized carbons (Fsp3) is 0.115. The van der Waals surface area contributed by atoms with Crippen molar-refractivity contribution in [3.05, 3.63) is 84.2 Å². The van der Waals surface area contributed by atoms with Crippen molar-refractivity contribution < 1.29 is 27.8 Å². The van der Waals surface area contributed by atoms with Crippen LogP contribution in [0.1, 0.15) is 10.4 Å². The summed E-state index contributed by atoms with van der Waals surface area (Å²) in [6.45, 7) is 0. The number of carbonyl (C=O) groups excluding carboxylic acids is 1. The summed E-state index contributed by atoms with van der Waals surface area (Å²) in [5.74, 6) is -0.446. The van der Waals surface area contributed by atoms with E-state index in [0.29, 0.717) is 46.2 Å². The van der Waals surface area contributed by atoms with E-state index in [1.165, 1.54) is 21.3 Å². The third-order valence-corrected chi connectivity index (χ3v) is 5.19. The van der Waals surface area contributed by atoms with Gasteiger partial charge in [0, 0.05) is 35.1 Å². The van der Waals surface area contributed by atoms with E-state index in [4.69, 9.17) is 14.2 Å². The van der Waals surface area contributed by atoms with Gasteiger partial charge in [-0.15, -0.1) is 0 Å². The number of hydrogen-bond acceptors (Lipinski definition) is 7. The average molecular weight is 492 g/mol. The molecular weight excluding hydrogens is 470 g/mol. The smallest absolute Gasteiger partial charge is 0.258 e. The summed E-state index contributed by atoms with van der Waals surface area (Å²) >= 11 is 0. The summed E-state index contributed by atoms with van der Waals surface area (Å²) in [6, 6.07) is 13.1. The van der Waals surface area contributed by atoms with Crippen LogP contribution in [0, 0.1) is 11.6 Å². The summed E-state index contributed by atoms with van der Waals surface area (Å²) in [7, 11) is 4.59. The van der Waals surface area contributed by atoms with Gasteiger partial charge in [-0.05, 0) is 24.3 Å². The van der Waals surface area contributed by atoms with Crippen LogP contribution in [0.15, 0.2) is 67.0 Å². The molecule has 2 N–H and O–H groups in total. The van der Waals surface area contributed by atoms with Gasteiger partial charge in [0.15, 0.2) is 11.5 Å². The van der Waals surface area contributed by atoms with Gasteiger partial charge in [-0.1, -0.05) is 12.1 Å². The number of nitrogens with zero attached hydrogens (tertiary/aromatic N) is 2. The Morgan fingerprint density at radius 1 is 0.833 bits per heavy atom. The number of aromatic nitrogens is 2. The van der Waals surface area contributed by atoms with Crippen molar-refractivity contribution in [2.75, 3.05) is 32.0 Å². The zero-order chi connectivity index (χ0) is 25.7. The van der Waals surface area contributed by atoms with Crippen LogP contribution in [-0.2, 0) is 0 Å². The van der Waals surface area contributed by atoms with Crippen LogP contribution in [0.3, 0.4) is 0 Å². The normalized spacial score (nSPS) is 10.5. The molecule has 0 radical (unpaired) electrons. The molecule has 0 spiro atoms. The minimum atomic E-state index is -0.934. The predicted molar refractivity (Wildman–Crippen MR) is 131 cm³/mol. The summed E-state index contributed by atoms with van der Waals surface area (Å²) in [5.41, 5.74) is 2.16. The Labute approximate surface area is 205 Å². The highest BCUT2D eigenvalue weighted by Crippen LogP contribution is 2.40. The van der Waals surface area contributed by atoms with Crippen molar-refractivity contribution in [3.63, 3.8) is 0 Å². The first-order valence-corrected chi connectivity index (χ1v) is 10.7. The molecule has 184 valence electrons. The van der Waals surface area contributed by atoms with Gasteiger partial charge in [0.1, 0.15) is 17.5 Å². The maximum Gasteiger partial charge on any atom is 0.258 e. The quantitative estimate of drug-likeness (QED) is 0.338. The fourth-order valence-corrected chi connectivity index (χ4v) is 3.46. The first-order valence-electron chi connectivity index (χ1n) is 10.7. The fourth-order valence-electron chi connectivity index (χ4n) is 3.46. The molecule has 0 atom stereocenters. The number of hydrogen-bond donors (Lipinski definition) is 2. The predicted octanol–water partition coefficient (Wildman–Crippen LogP) is 5.44. The molecule has 0 unspecified atom stereocenters. The van der Waals surface area contributed by atoms with E-state index < -0.39 is 17.5 Å². The van der Waals surface area contributed by atoms with Crippen molar-refractivity contribution >= 4 is 23.1 Å². The average Bonchev–Trinajstić information content (AvgIpc) is 2.88. The Balaban J connectivity index is 1.51. The van der Waals surface area contributed by atoms with E-state index in [2.05, 4.69) is 20.6 Å². The Kier molecular flexibility index (Phi) is 7.24. The van der Waals surface area contributed by atoms with Crippen LogP contribution >= 0.6 is 0 Å². The molecule has 3 aromatic carbocycles. The lowest BCUT2D eigenvalue weighted by molar-refractivity contribution is 0.102. The summed E-state index contributed by atoms with van der Waals surface area (Å²) in [6.07, 6.45) is 3.17. The Hall–Kier alpha value is -4.73. The number of methoxy groups -OCH3 is 3. The molecule has 36 heavy (non-hydrogen) atoms.